The molecule has 20 heavy (non-hydrogen) atoms. The summed E-state index contributed by atoms with van der Waals surface area (Å²) < 4.78 is 5.09. The Hall–Kier alpha value is -2.36. The quantitative estimate of drug-likeness (QED) is 0.876. The number of methoxy groups -OCH3 is 1. The van der Waals surface area contributed by atoms with E-state index < -0.39 is 0 Å². The lowest BCUT2D eigenvalue weighted by atomic mass is 10.2. The monoisotopic (exact) mass is 270 g/mol. The van der Waals surface area contributed by atoms with Gasteiger partial charge in [0.2, 0.25) is 5.91 Å². The van der Waals surface area contributed by atoms with Crippen LogP contribution in [0.25, 0.3) is 0 Å². The van der Waals surface area contributed by atoms with Gasteiger partial charge in [0.1, 0.15) is 5.75 Å². The molecule has 0 radical (unpaired) electrons. The van der Waals surface area contributed by atoms with E-state index >= 15 is 0 Å². The molecule has 0 aliphatic heterocycles. The molecule has 2 aromatic rings. The zero-order chi connectivity index (χ0) is 14.2. The number of carbonyl (C=O) groups excluding carboxylic acids is 1. The second-order valence-corrected chi connectivity index (χ2v) is 4.45. The number of aryl methyl sites for hydroxylation is 1. The summed E-state index contributed by atoms with van der Waals surface area (Å²) in [6.45, 7) is 0.533. The molecule has 0 saturated heterocycles. The minimum absolute atomic E-state index is 0.0338. The lowest BCUT2D eigenvalue weighted by molar-refractivity contribution is -0.121. The van der Waals surface area contributed by atoms with Gasteiger partial charge in [0.15, 0.2) is 0 Å². The molecule has 0 spiro atoms. The Labute approximate surface area is 118 Å². The van der Waals surface area contributed by atoms with E-state index in [4.69, 9.17) is 4.74 Å². The molecule has 0 aliphatic rings. The van der Waals surface area contributed by atoms with Gasteiger partial charge >= 0.3 is 0 Å². The van der Waals surface area contributed by atoms with Crippen LogP contribution in [-0.2, 0) is 17.8 Å². The Morgan fingerprint density at radius 2 is 2.00 bits per heavy atom. The van der Waals surface area contributed by atoms with Gasteiger partial charge in [-0.2, -0.15) is 0 Å². The average Bonchev–Trinajstić information content (AvgIpc) is 2.52. The van der Waals surface area contributed by atoms with Crippen LogP contribution in [0.2, 0.25) is 0 Å². The van der Waals surface area contributed by atoms with Gasteiger partial charge in [-0.3, -0.25) is 9.78 Å². The first-order valence-corrected chi connectivity index (χ1v) is 6.57. The smallest absolute Gasteiger partial charge is 0.220 e. The fourth-order valence-corrected chi connectivity index (χ4v) is 1.82. The molecule has 2 rings (SSSR count). The lowest BCUT2D eigenvalue weighted by Gasteiger charge is -2.06. The van der Waals surface area contributed by atoms with Gasteiger partial charge in [-0.25, -0.2) is 0 Å². The maximum Gasteiger partial charge on any atom is 0.220 e. The molecule has 0 fully saturated rings. The maximum absolute atomic E-state index is 11.7. The third-order valence-electron chi connectivity index (χ3n) is 2.98. The van der Waals surface area contributed by atoms with E-state index in [1.165, 1.54) is 0 Å². The number of carbonyl (C=O) groups is 1. The topological polar surface area (TPSA) is 51.2 Å². The molecule has 0 atom stereocenters. The van der Waals surface area contributed by atoms with Crippen molar-refractivity contribution in [3.05, 3.63) is 59.9 Å². The molecule has 0 saturated carbocycles. The summed E-state index contributed by atoms with van der Waals surface area (Å²) in [5, 5.41) is 2.90. The first kappa shape index (κ1) is 14.1. The second kappa shape index (κ2) is 7.28. The van der Waals surface area contributed by atoms with Crippen molar-refractivity contribution < 1.29 is 9.53 Å². The minimum Gasteiger partial charge on any atom is -0.497 e. The fraction of sp³-hybridized carbons (Fsp3) is 0.250. The van der Waals surface area contributed by atoms with E-state index in [0.717, 1.165) is 17.0 Å². The molecule has 4 nitrogen and oxygen atoms in total. The Bertz CT molecular complexity index is 538. The first-order valence-electron chi connectivity index (χ1n) is 6.57. The number of ether oxygens (including phenoxy) is 1. The molecular weight excluding hydrogens is 252 g/mol. The molecular formula is C16H18N2O2. The molecule has 0 unspecified atom stereocenters. The number of benzene rings is 1. The van der Waals surface area contributed by atoms with Crippen molar-refractivity contribution in [2.45, 2.75) is 19.4 Å². The Morgan fingerprint density at radius 1 is 1.20 bits per heavy atom. The number of rotatable bonds is 6. The zero-order valence-electron chi connectivity index (χ0n) is 11.5. The standard InChI is InChI=1S/C16H18N2O2/c1-20-15-8-5-13(6-9-15)12-18-16(19)10-7-14-4-2-3-11-17-14/h2-6,8-9,11H,7,10,12H2,1H3,(H,18,19). The highest BCUT2D eigenvalue weighted by Gasteiger charge is 2.03. The summed E-state index contributed by atoms with van der Waals surface area (Å²) in [5.74, 6) is 0.849. The number of amides is 1. The van der Waals surface area contributed by atoms with Crippen LogP contribution < -0.4 is 10.1 Å². The van der Waals surface area contributed by atoms with Crippen molar-refractivity contribution in [2.24, 2.45) is 0 Å². The van der Waals surface area contributed by atoms with Gasteiger partial charge in [-0.1, -0.05) is 18.2 Å². The van der Waals surface area contributed by atoms with E-state index in [2.05, 4.69) is 10.3 Å². The summed E-state index contributed by atoms with van der Waals surface area (Å²) in [4.78, 5) is 15.9. The van der Waals surface area contributed by atoms with Crippen LogP contribution in [-0.4, -0.2) is 18.0 Å². The third kappa shape index (κ3) is 4.39. The third-order valence-corrected chi connectivity index (χ3v) is 2.98. The van der Waals surface area contributed by atoms with Crippen molar-refractivity contribution >= 4 is 5.91 Å². The average molecular weight is 270 g/mol. The van der Waals surface area contributed by atoms with Gasteiger partial charge < -0.3 is 10.1 Å². The Kier molecular flexibility index (Phi) is 5.12. The van der Waals surface area contributed by atoms with Crippen LogP contribution in [0.4, 0.5) is 0 Å². The molecule has 0 bridgehead atoms. The van der Waals surface area contributed by atoms with Crippen molar-refractivity contribution in [1.82, 2.24) is 10.3 Å². The van der Waals surface area contributed by atoms with E-state index in [1.807, 2.05) is 42.5 Å². The number of pyridine rings is 1. The van der Waals surface area contributed by atoms with E-state index in [9.17, 15) is 4.79 Å². The predicted molar refractivity (Wildman–Crippen MR) is 77.4 cm³/mol. The van der Waals surface area contributed by atoms with Crippen molar-refractivity contribution in [1.29, 1.82) is 0 Å². The minimum atomic E-state index is 0.0338. The number of nitrogens with one attached hydrogen (secondary N) is 1. The van der Waals surface area contributed by atoms with Crippen LogP contribution in [0.3, 0.4) is 0 Å². The lowest BCUT2D eigenvalue weighted by Crippen LogP contribution is -2.23. The van der Waals surface area contributed by atoms with Crippen molar-refractivity contribution in [2.75, 3.05) is 7.11 Å². The highest BCUT2D eigenvalue weighted by atomic mass is 16.5. The molecule has 1 N–H and O–H groups in total. The zero-order valence-corrected chi connectivity index (χ0v) is 11.5. The summed E-state index contributed by atoms with van der Waals surface area (Å²) in [6, 6.07) is 13.4. The van der Waals surface area contributed by atoms with Gasteiger partial charge in [-0.15, -0.1) is 0 Å². The van der Waals surface area contributed by atoms with Crippen LogP contribution in [0.1, 0.15) is 17.7 Å². The predicted octanol–water partition coefficient (Wildman–Crippen LogP) is 2.34. The highest BCUT2D eigenvalue weighted by Crippen LogP contribution is 2.11. The van der Waals surface area contributed by atoms with Crippen molar-refractivity contribution in [3.63, 3.8) is 0 Å². The number of nitrogens with zero attached hydrogens (tertiary/aromatic N) is 1. The first-order chi connectivity index (χ1) is 9.78. The second-order valence-electron chi connectivity index (χ2n) is 4.45. The van der Waals surface area contributed by atoms with Crippen LogP contribution >= 0.6 is 0 Å². The molecule has 1 amide bonds. The summed E-state index contributed by atoms with van der Waals surface area (Å²) in [7, 11) is 1.63. The normalized spacial score (nSPS) is 10.1. The molecule has 1 aromatic heterocycles. The SMILES string of the molecule is COc1ccc(CNC(=O)CCc2ccccn2)cc1. The van der Waals surface area contributed by atoms with Gasteiger partial charge in [0, 0.05) is 24.9 Å². The molecule has 1 heterocycles. The van der Waals surface area contributed by atoms with Crippen LogP contribution in [0, 0.1) is 0 Å². The summed E-state index contributed by atoms with van der Waals surface area (Å²) in [5.41, 5.74) is 1.99. The number of aromatic nitrogens is 1. The highest BCUT2D eigenvalue weighted by molar-refractivity contribution is 5.76. The van der Waals surface area contributed by atoms with Crippen LogP contribution in [0.5, 0.6) is 5.75 Å². The Morgan fingerprint density at radius 3 is 2.65 bits per heavy atom. The van der Waals surface area contributed by atoms with Crippen LogP contribution in [0.15, 0.2) is 48.7 Å². The van der Waals surface area contributed by atoms with Crippen molar-refractivity contribution in [3.8, 4) is 5.75 Å². The molecule has 0 aliphatic carbocycles. The fourth-order valence-electron chi connectivity index (χ4n) is 1.82. The van der Waals surface area contributed by atoms with Gasteiger partial charge in [-0.05, 0) is 36.2 Å². The molecule has 4 heteroatoms. The largest absolute Gasteiger partial charge is 0.497 e. The van der Waals surface area contributed by atoms with E-state index in [1.54, 1.807) is 13.3 Å². The van der Waals surface area contributed by atoms with Gasteiger partial charge in [0.05, 0.1) is 7.11 Å². The molecule has 104 valence electrons. The Balaban J connectivity index is 1.74. The summed E-state index contributed by atoms with van der Waals surface area (Å²) in [6.07, 6.45) is 2.85. The van der Waals surface area contributed by atoms with Gasteiger partial charge in [0.25, 0.3) is 0 Å². The summed E-state index contributed by atoms with van der Waals surface area (Å²) >= 11 is 0. The molecule has 1 aromatic carbocycles. The van der Waals surface area contributed by atoms with E-state index in [-0.39, 0.29) is 5.91 Å². The number of hydrogen-bond donors (Lipinski definition) is 1. The van der Waals surface area contributed by atoms with E-state index in [0.29, 0.717) is 19.4 Å². The number of hydrogen-bond acceptors (Lipinski definition) is 3. The maximum atomic E-state index is 11.7.